The number of nitrogen functional groups attached to an aromatic ring is 1. The van der Waals surface area contributed by atoms with E-state index in [0.717, 1.165) is 5.56 Å². The molecule has 0 fully saturated rings. The molecule has 0 aliphatic heterocycles. The number of aryl methyl sites for hydroxylation is 1. The number of nitrogens with two attached hydrogens (primary N) is 1. The summed E-state index contributed by atoms with van der Waals surface area (Å²) in [6, 6.07) is 5.63. The maximum Gasteiger partial charge on any atom is 0.238 e. The molecule has 2 rings (SSSR count). The Morgan fingerprint density at radius 3 is 2.78 bits per heavy atom. The van der Waals surface area contributed by atoms with Crippen molar-refractivity contribution in [1.82, 2.24) is 9.97 Å². The van der Waals surface area contributed by atoms with Crippen LogP contribution in [0.3, 0.4) is 0 Å². The number of hydrogen-bond acceptors (Lipinski definition) is 5. The van der Waals surface area contributed by atoms with Gasteiger partial charge in [-0.2, -0.15) is 4.98 Å². The average molecular weight is 310 g/mol. The zero-order valence-electron chi connectivity index (χ0n) is 9.98. The highest BCUT2D eigenvalue weighted by Crippen LogP contribution is 2.34. The van der Waals surface area contributed by atoms with Crippen LogP contribution in [0.15, 0.2) is 28.9 Å². The molecule has 2 N–H and O–H groups in total. The second-order valence-corrected chi connectivity index (χ2v) is 4.49. The Morgan fingerprint density at radius 1 is 1.28 bits per heavy atom. The highest BCUT2D eigenvalue weighted by atomic mass is 79.9. The molecule has 0 unspecified atom stereocenters. The van der Waals surface area contributed by atoms with Crippen molar-refractivity contribution < 1.29 is 9.47 Å². The number of ether oxygens (including phenoxy) is 2. The summed E-state index contributed by atoms with van der Waals surface area (Å²) in [5.74, 6) is 1.71. The van der Waals surface area contributed by atoms with Gasteiger partial charge in [-0.05, 0) is 40.5 Å². The Balaban J connectivity index is 2.36. The number of anilines is 1. The molecule has 0 radical (unpaired) electrons. The highest BCUT2D eigenvalue weighted by molar-refractivity contribution is 9.10. The maximum atomic E-state index is 5.66. The van der Waals surface area contributed by atoms with Gasteiger partial charge in [0.05, 0.1) is 17.8 Å². The minimum absolute atomic E-state index is 0.152. The van der Waals surface area contributed by atoms with Crippen LogP contribution < -0.4 is 15.2 Å². The standard InChI is InChI=1S/C12H12BrN3O2/c1-7-3-4-9(10(5-7)17-2)18-11-8(13)6-15-12(14)16-11/h3-6H,1-2H3,(H2,14,15,16). The van der Waals surface area contributed by atoms with Crippen LogP contribution in [0.2, 0.25) is 0 Å². The van der Waals surface area contributed by atoms with E-state index in [1.165, 1.54) is 0 Å². The summed E-state index contributed by atoms with van der Waals surface area (Å²) >= 11 is 3.30. The fraction of sp³-hybridized carbons (Fsp3) is 0.167. The molecule has 18 heavy (non-hydrogen) atoms. The van der Waals surface area contributed by atoms with Crippen molar-refractivity contribution in [3.8, 4) is 17.4 Å². The second kappa shape index (κ2) is 5.22. The quantitative estimate of drug-likeness (QED) is 0.944. The Hall–Kier alpha value is -1.82. The van der Waals surface area contributed by atoms with Crippen LogP contribution in [0, 0.1) is 6.92 Å². The lowest BCUT2D eigenvalue weighted by Crippen LogP contribution is -1.98. The summed E-state index contributed by atoms with van der Waals surface area (Å²) in [5, 5.41) is 0. The van der Waals surface area contributed by atoms with E-state index in [-0.39, 0.29) is 5.95 Å². The van der Waals surface area contributed by atoms with Gasteiger partial charge in [0, 0.05) is 0 Å². The van der Waals surface area contributed by atoms with Gasteiger partial charge >= 0.3 is 0 Å². The first-order valence-corrected chi connectivity index (χ1v) is 6.00. The van der Waals surface area contributed by atoms with Crippen molar-refractivity contribution in [2.24, 2.45) is 0 Å². The van der Waals surface area contributed by atoms with Gasteiger partial charge in [0.15, 0.2) is 11.5 Å². The third kappa shape index (κ3) is 2.70. The molecule has 1 aromatic carbocycles. The lowest BCUT2D eigenvalue weighted by Gasteiger charge is -2.11. The first-order chi connectivity index (χ1) is 8.60. The molecular formula is C12H12BrN3O2. The molecule has 0 bridgehead atoms. The van der Waals surface area contributed by atoms with Gasteiger partial charge in [-0.3, -0.25) is 0 Å². The molecule has 5 nitrogen and oxygen atoms in total. The minimum atomic E-state index is 0.152. The summed E-state index contributed by atoms with van der Waals surface area (Å²) < 4.78 is 11.5. The highest BCUT2D eigenvalue weighted by Gasteiger charge is 2.10. The number of halogens is 1. The van der Waals surface area contributed by atoms with E-state index in [1.54, 1.807) is 13.3 Å². The fourth-order valence-electron chi connectivity index (χ4n) is 1.40. The van der Waals surface area contributed by atoms with Crippen LogP contribution in [0.25, 0.3) is 0 Å². The molecule has 6 heteroatoms. The molecule has 94 valence electrons. The Kier molecular flexibility index (Phi) is 3.66. The van der Waals surface area contributed by atoms with Gasteiger partial charge in [-0.15, -0.1) is 0 Å². The molecule has 0 aliphatic carbocycles. The number of hydrogen-bond donors (Lipinski definition) is 1. The smallest absolute Gasteiger partial charge is 0.238 e. The van der Waals surface area contributed by atoms with E-state index < -0.39 is 0 Å². The second-order valence-electron chi connectivity index (χ2n) is 3.64. The molecule has 0 saturated heterocycles. The summed E-state index contributed by atoms with van der Waals surface area (Å²) in [6.07, 6.45) is 1.54. The molecule has 0 atom stereocenters. The van der Waals surface area contributed by atoms with Gasteiger partial charge in [0.1, 0.15) is 0 Å². The molecule has 0 aliphatic rings. The maximum absolute atomic E-state index is 5.66. The van der Waals surface area contributed by atoms with Crippen molar-refractivity contribution >= 4 is 21.9 Å². The van der Waals surface area contributed by atoms with Crippen LogP contribution >= 0.6 is 15.9 Å². The lowest BCUT2D eigenvalue weighted by atomic mass is 10.2. The van der Waals surface area contributed by atoms with Crippen molar-refractivity contribution in [3.63, 3.8) is 0 Å². The van der Waals surface area contributed by atoms with Crippen LogP contribution in [0.4, 0.5) is 5.95 Å². The Morgan fingerprint density at radius 2 is 2.06 bits per heavy atom. The first kappa shape index (κ1) is 12.6. The molecule has 0 amide bonds. The van der Waals surface area contributed by atoms with Crippen molar-refractivity contribution in [2.45, 2.75) is 6.92 Å². The summed E-state index contributed by atoms with van der Waals surface area (Å²) in [4.78, 5) is 7.85. The molecule has 0 saturated carbocycles. The zero-order valence-corrected chi connectivity index (χ0v) is 11.6. The van der Waals surface area contributed by atoms with E-state index in [0.29, 0.717) is 21.9 Å². The monoisotopic (exact) mass is 309 g/mol. The van der Waals surface area contributed by atoms with Crippen LogP contribution in [-0.4, -0.2) is 17.1 Å². The number of methoxy groups -OCH3 is 1. The first-order valence-electron chi connectivity index (χ1n) is 5.20. The van der Waals surface area contributed by atoms with Gasteiger partial charge in [0.2, 0.25) is 11.8 Å². The van der Waals surface area contributed by atoms with E-state index in [9.17, 15) is 0 Å². The SMILES string of the molecule is COc1cc(C)ccc1Oc1nc(N)ncc1Br. The Bertz CT molecular complexity index is 575. The van der Waals surface area contributed by atoms with E-state index in [1.807, 2.05) is 25.1 Å². The topological polar surface area (TPSA) is 70.3 Å². The summed E-state index contributed by atoms with van der Waals surface area (Å²) in [5.41, 5.74) is 6.61. The number of nitrogens with zero attached hydrogens (tertiary/aromatic N) is 2. The predicted octanol–water partition coefficient (Wildman–Crippen LogP) is 2.93. The lowest BCUT2D eigenvalue weighted by molar-refractivity contribution is 0.373. The summed E-state index contributed by atoms with van der Waals surface area (Å²) in [6.45, 7) is 1.98. The van der Waals surface area contributed by atoms with Gasteiger partial charge < -0.3 is 15.2 Å². The molecule has 0 spiro atoms. The van der Waals surface area contributed by atoms with Gasteiger partial charge in [-0.25, -0.2) is 4.98 Å². The van der Waals surface area contributed by atoms with Crippen molar-refractivity contribution in [2.75, 3.05) is 12.8 Å². The van der Waals surface area contributed by atoms with E-state index in [2.05, 4.69) is 25.9 Å². The fourth-order valence-corrected chi connectivity index (χ4v) is 1.67. The molecular weight excluding hydrogens is 298 g/mol. The molecule has 1 aromatic heterocycles. The normalized spacial score (nSPS) is 10.2. The molecule has 1 heterocycles. The largest absolute Gasteiger partial charge is 0.493 e. The van der Waals surface area contributed by atoms with Crippen LogP contribution in [0.5, 0.6) is 17.4 Å². The van der Waals surface area contributed by atoms with E-state index >= 15 is 0 Å². The Labute approximate surface area is 113 Å². The predicted molar refractivity (Wildman–Crippen MR) is 71.9 cm³/mol. The van der Waals surface area contributed by atoms with Gasteiger partial charge in [0.25, 0.3) is 0 Å². The average Bonchev–Trinajstić information content (AvgIpc) is 2.36. The number of benzene rings is 1. The third-order valence-electron chi connectivity index (χ3n) is 2.26. The van der Waals surface area contributed by atoms with Crippen molar-refractivity contribution in [1.29, 1.82) is 0 Å². The summed E-state index contributed by atoms with van der Waals surface area (Å²) in [7, 11) is 1.59. The van der Waals surface area contributed by atoms with Crippen molar-refractivity contribution in [3.05, 3.63) is 34.4 Å². The van der Waals surface area contributed by atoms with Crippen LogP contribution in [-0.2, 0) is 0 Å². The zero-order chi connectivity index (χ0) is 13.1. The number of aromatic nitrogens is 2. The minimum Gasteiger partial charge on any atom is -0.493 e. The molecule has 2 aromatic rings. The number of rotatable bonds is 3. The van der Waals surface area contributed by atoms with Gasteiger partial charge in [-0.1, -0.05) is 6.07 Å². The third-order valence-corrected chi connectivity index (χ3v) is 2.80. The van der Waals surface area contributed by atoms with E-state index in [4.69, 9.17) is 15.2 Å². The van der Waals surface area contributed by atoms with Crippen LogP contribution in [0.1, 0.15) is 5.56 Å².